The number of hydrogen-bond acceptors (Lipinski definition) is 4. The van der Waals surface area contributed by atoms with E-state index < -0.39 is 6.17 Å². The van der Waals surface area contributed by atoms with E-state index in [1.807, 2.05) is 7.05 Å². The number of nitrogens with one attached hydrogen (secondary N) is 1. The summed E-state index contributed by atoms with van der Waals surface area (Å²) in [7, 11) is 2.03. The van der Waals surface area contributed by atoms with Crippen LogP contribution >= 0.6 is 0 Å². The van der Waals surface area contributed by atoms with Gasteiger partial charge in [-0.2, -0.15) is 0 Å². The van der Waals surface area contributed by atoms with Crippen molar-refractivity contribution in [2.45, 2.75) is 64.8 Å². The lowest BCUT2D eigenvalue weighted by atomic mass is 10.1. The predicted molar refractivity (Wildman–Crippen MR) is 95.7 cm³/mol. The normalized spacial score (nSPS) is 27.6. The van der Waals surface area contributed by atoms with Gasteiger partial charge in [0.05, 0.1) is 11.4 Å². The van der Waals surface area contributed by atoms with Crippen LogP contribution in [0.15, 0.2) is 17.8 Å². The number of rotatable bonds is 5. The van der Waals surface area contributed by atoms with E-state index in [2.05, 4.69) is 34.2 Å². The third kappa shape index (κ3) is 3.55. The van der Waals surface area contributed by atoms with Gasteiger partial charge in [-0.25, -0.2) is 13.8 Å². The fourth-order valence-corrected chi connectivity index (χ4v) is 3.94. The third-order valence-corrected chi connectivity index (χ3v) is 5.29. The van der Waals surface area contributed by atoms with Crippen LogP contribution in [0.1, 0.15) is 50.8 Å². The summed E-state index contributed by atoms with van der Waals surface area (Å²) in [6, 6.07) is 1.75. The quantitative estimate of drug-likeness (QED) is 0.879. The molecule has 0 radical (unpaired) electrons. The van der Waals surface area contributed by atoms with Gasteiger partial charge < -0.3 is 5.01 Å². The lowest BCUT2D eigenvalue weighted by Gasteiger charge is -2.34. The minimum atomic E-state index is -0.699. The van der Waals surface area contributed by atoms with Crippen molar-refractivity contribution >= 4 is 5.70 Å². The number of nitrogens with zero attached hydrogens (tertiary/aromatic N) is 3. The maximum Gasteiger partial charge on any atom is 0.145 e. The Hall–Kier alpha value is -1.53. The van der Waals surface area contributed by atoms with Gasteiger partial charge in [0, 0.05) is 31.4 Å². The molecule has 2 aliphatic rings. The second-order valence-electron chi connectivity index (χ2n) is 7.20. The summed E-state index contributed by atoms with van der Waals surface area (Å²) in [6.07, 6.45) is 4.09. The van der Waals surface area contributed by atoms with E-state index in [-0.39, 0.29) is 18.0 Å². The van der Waals surface area contributed by atoms with Gasteiger partial charge in [-0.05, 0) is 51.2 Å². The topological polar surface area (TPSA) is 31.4 Å². The summed E-state index contributed by atoms with van der Waals surface area (Å²) >= 11 is 0. The summed E-state index contributed by atoms with van der Waals surface area (Å²) < 4.78 is 27.6. The highest BCUT2D eigenvalue weighted by Crippen LogP contribution is 2.35. The minimum Gasteiger partial charge on any atom is -0.304 e. The van der Waals surface area contributed by atoms with Crippen molar-refractivity contribution in [2.24, 2.45) is 0 Å². The van der Waals surface area contributed by atoms with Crippen LogP contribution in [-0.2, 0) is 0 Å². The Morgan fingerprint density at radius 3 is 2.68 bits per heavy atom. The largest absolute Gasteiger partial charge is 0.304 e. The number of likely N-dealkylation sites (N-methyl/N-ethyl adjacent to an activating group) is 1. The number of pyridine rings is 1. The molecule has 0 bridgehead atoms. The average Bonchev–Trinajstić information content (AvgIpc) is 3.08. The Morgan fingerprint density at radius 1 is 1.32 bits per heavy atom. The second-order valence-corrected chi connectivity index (χ2v) is 7.20. The highest BCUT2D eigenvalue weighted by Gasteiger charge is 2.37. The fourth-order valence-electron chi connectivity index (χ4n) is 3.94. The van der Waals surface area contributed by atoms with Crippen molar-refractivity contribution < 1.29 is 8.78 Å². The zero-order valence-corrected chi connectivity index (χ0v) is 15.5. The molecular weight excluding hydrogens is 322 g/mol. The summed E-state index contributed by atoms with van der Waals surface area (Å²) in [6.45, 7) is 6.70. The number of alkyl halides is 1. The first-order valence-electron chi connectivity index (χ1n) is 9.16. The van der Waals surface area contributed by atoms with Crippen molar-refractivity contribution in [1.82, 2.24) is 20.3 Å². The molecule has 1 unspecified atom stereocenters. The summed E-state index contributed by atoms with van der Waals surface area (Å²) in [4.78, 5) is 4.19. The molecule has 0 spiro atoms. The summed E-state index contributed by atoms with van der Waals surface area (Å²) in [5, 5.41) is 7.93. The average molecular weight is 350 g/mol. The fraction of sp³-hybridized carbons (Fsp3) is 0.632. The Labute approximate surface area is 148 Å². The molecule has 1 saturated carbocycles. The third-order valence-electron chi connectivity index (χ3n) is 5.29. The van der Waals surface area contributed by atoms with Crippen LogP contribution in [0.4, 0.5) is 8.78 Å². The molecule has 1 aliphatic carbocycles. The number of hydrazine groups is 1. The number of aryl methyl sites for hydroxylation is 1. The molecule has 1 fully saturated rings. The van der Waals surface area contributed by atoms with Gasteiger partial charge in [0.2, 0.25) is 0 Å². The Morgan fingerprint density at radius 2 is 2.08 bits per heavy atom. The molecule has 0 saturated heterocycles. The Kier molecular flexibility index (Phi) is 5.39. The molecule has 0 aromatic carbocycles. The second kappa shape index (κ2) is 7.38. The highest BCUT2D eigenvalue weighted by molar-refractivity contribution is 5.69. The molecule has 4 nitrogen and oxygen atoms in total. The molecule has 138 valence electrons. The zero-order valence-electron chi connectivity index (χ0n) is 15.5. The molecule has 3 atom stereocenters. The molecule has 25 heavy (non-hydrogen) atoms. The number of aromatic nitrogens is 1. The van der Waals surface area contributed by atoms with Gasteiger partial charge >= 0.3 is 0 Å². The Bertz CT molecular complexity index is 661. The van der Waals surface area contributed by atoms with E-state index in [1.54, 1.807) is 19.2 Å². The van der Waals surface area contributed by atoms with Gasteiger partial charge in [0.1, 0.15) is 18.2 Å². The van der Waals surface area contributed by atoms with Gasteiger partial charge in [-0.1, -0.05) is 6.92 Å². The van der Waals surface area contributed by atoms with E-state index in [0.29, 0.717) is 18.5 Å². The maximum atomic E-state index is 14.1. The zero-order chi connectivity index (χ0) is 18.1. The monoisotopic (exact) mass is 350 g/mol. The molecule has 0 amide bonds. The van der Waals surface area contributed by atoms with Crippen molar-refractivity contribution in [2.75, 3.05) is 13.6 Å². The lowest BCUT2D eigenvalue weighted by Crippen LogP contribution is -2.50. The van der Waals surface area contributed by atoms with E-state index in [4.69, 9.17) is 0 Å². The predicted octanol–water partition coefficient (Wildman–Crippen LogP) is 3.64. The SMILES string of the molecule is CCCN1C(c2cnc(C)c(F)c2)=C(C)C(N[C@H]2CC[C@@H](F)C2)N1C. The Balaban J connectivity index is 1.91. The molecular formula is C19H28F2N4. The molecule has 1 aliphatic heterocycles. The lowest BCUT2D eigenvalue weighted by molar-refractivity contribution is 0.0362. The van der Waals surface area contributed by atoms with Gasteiger partial charge in [0.25, 0.3) is 0 Å². The molecule has 6 heteroatoms. The molecule has 3 rings (SSSR count). The van der Waals surface area contributed by atoms with Crippen LogP contribution in [0, 0.1) is 12.7 Å². The van der Waals surface area contributed by atoms with Gasteiger partial charge in [-0.15, -0.1) is 0 Å². The van der Waals surface area contributed by atoms with Crippen LogP contribution in [0.5, 0.6) is 0 Å². The summed E-state index contributed by atoms with van der Waals surface area (Å²) in [5.74, 6) is -0.288. The first-order chi connectivity index (χ1) is 11.9. The molecule has 1 aromatic heterocycles. The van der Waals surface area contributed by atoms with Crippen molar-refractivity contribution in [1.29, 1.82) is 0 Å². The molecule has 2 heterocycles. The van der Waals surface area contributed by atoms with Gasteiger partial charge in [0.15, 0.2) is 0 Å². The van der Waals surface area contributed by atoms with Crippen molar-refractivity contribution in [3.8, 4) is 0 Å². The minimum absolute atomic E-state index is 0.00112. The van der Waals surface area contributed by atoms with Crippen LogP contribution < -0.4 is 5.32 Å². The smallest absolute Gasteiger partial charge is 0.145 e. The number of halogens is 2. The molecule has 1 aromatic rings. The van der Waals surface area contributed by atoms with Crippen LogP contribution in [0.3, 0.4) is 0 Å². The van der Waals surface area contributed by atoms with E-state index in [1.165, 1.54) is 0 Å². The highest BCUT2D eigenvalue weighted by atomic mass is 19.1. The maximum absolute atomic E-state index is 14.1. The van der Waals surface area contributed by atoms with E-state index in [9.17, 15) is 8.78 Å². The van der Waals surface area contributed by atoms with E-state index in [0.717, 1.165) is 36.2 Å². The summed E-state index contributed by atoms with van der Waals surface area (Å²) in [5.41, 5.74) is 3.33. The van der Waals surface area contributed by atoms with E-state index >= 15 is 0 Å². The standard InChI is InChI=1S/C19H28F2N4/c1-5-8-25-18(14-9-17(21)13(3)22-11-14)12(2)19(24(25)4)23-16-7-6-15(20)10-16/h9,11,15-16,19,23H,5-8,10H2,1-4H3/t15-,16+,19?/m1/s1. The number of hydrogen-bond donors (Lipinski definition) is 1. The van der Waals surface area contributed by atoms with Crippen LogP contribution in [0.2, 0.25) is 0 Å². The first kappa shape index (κ1) is 18.3. The van der Waals surface area contributed by atoms with Crippen LogP contribution in [0.25, 0.3) is 5.70 Å². The first-order valence-corrected chi connectivity index (χ1v) is 9.16. The molecule has 1 N–H and O–H groups in total. The van der Waals surface area contributed by atoms with Gasteiger partial charge in [-0.3, -0.25) is 10.3 Å². The van der Waals surface area contributed by atoms with Crippen LogP contribution in [-0.4, -0.2) is 47.0 Å². The van der Waals surface area contributed by atoms with Crippen molar-refractivity contribution in [3.63, 3.8) is 0 Å². The van der Waals surface area contributed by atoms with Crippen molar-refractivity contribution in [3.05, 3.63) is 34.9 Å².